The monoisotopic (exact) mass is 308 g/mol. The molecule has 1 aromatic rings. The third kappa shape index (κ3) is 2.75. The summed E-state index contributed by atoms with van der Waals surface area (Å²) < 4.78 is 24.2. The Kier molecular flexibility index (Phi) is 3.62. The van der Waals surface area contributed by atoms with Crippen LogP contribution < -0.4 is 10.1 Å². The highest BCUT2D eigenvalue weighted by molar-refractivity contribution is 5.30. The van der Waals surface area contributed by atoms with Gasteiger partial charge >= 0.3 is 0 Å². The number of fused-ring (bicyclic) bond motifs is 1. The normalized spacial score (nSPS) is 31.8. The number of morpholine rings is 1. The zero-order chi connectivity index (χ0) is 15.1. The van der Waals surface area contributed by atoms with Crippen molar-refractivity contribution in [3.05, 3.63) is 12.0 Å². The number of nitrogens with one attached hydrogen (secondary N) is 1. The number of ether oxygens (including phenoxy) is 2. The van der Waals surface area contributed by atoms with E-state index in [4.69, 9.17) is 9.47 Å². The van der Waals surface area contributed by atoms with Gasteiger partial charge in [-0.1, -0.05) is 0 Å². The van der Waals surface area contributed by atoms with Crippen molar-refractivity contribution >= 4 is 5.95 Å². The van der Waals surface area contributed by atoms with Gasteiger partial charge in [0.2, 0.25) is 11.8 Å². The van der Waals surface area contributed by atoms with E-state index in [0.717, 1.165) is 38.2 Å². The molecule has 1 saturated carbocycles. The summed E-state index contributed by atoms with van der Waals surface area (Å²) in [6.07, 6.45) is 5.18. The molecule has 120 valence electrons. The predicted octanol–water partition coefficient (Wildman–Crippen LogP) is 1.29. The number of hydrogen-bond acceptors (Lipinski definition) is 6. The quantitative estimate of drug-likeness (QED) is 0.904. The van der Waals surface area contributed by atoms with Crippen LogP contribution in [0.5, 0.6) is 5.88 Å². The fourth-order valence-electron chi connectivity index (χ4n) is 3.50. The molecule has 0 amide bonds. The first-order chi connectivity index (χ1) is 10.7. The van der Waals surface area contributed by atoms with Crippen LogP contribution in [0.3, 0.4) is 0 Å². The predicted molar refractivity (Wildman–Crippen MR) is 78.4 cm³/mol. The fraction of sp³-hybridized carbons (Fsp3) is 0.733. The molecule has 4 rings (SSSR count). The Hall–Kier alpha value is -1.47. The summed E-state index contributed by atoms with van der Waals surface area (Å²) in [5, 5.41) is 3.29. The van der Waals surface area contributed by atoms with E-state index < -0.39 is 5.82 Å². The molecule has 0 bridgehead atoms. The van der Waals surface area contributed by atoms with E-state index in [1.54, 1.807) is 0 Å². The van der Waals surface area contributed by atoms with Gasteiger partial charge in [-0.2, -0.15) is 9.37 Å². The molecule has 0 unspecified atom stereocenters. The SMILES string of the molecule is COc1nc(N[C@H]2C[C@H]3CO[C@@H](C4CC4)CN3C2)ncc1F. The van der Waals surface area contributed by atoms with Crippen LogP contribution in [0, 0.1) is 11.7 Å². The van der Waals surface area contributed by atoms with Gasteiger partial charge in [-0.05, 0) is 25.2 Å². The lowest BCUT2D eigenvalue weighted by Crippen LogP contribution is -2.47. The minimum Gasteiger partial charge on any atom is -0.479 e. The molecule has 3 aliphatic rings. The van der Waals surface area contributed by atoms with Crippen molar-refractivity contribution in [3.63, 3.8) is 0 Å². The second-order valence-electron chi connectivity index (χ2n) is 6.44. The molecule has 2 aliphatic heterocycles. The average molecular weight is 308 g/mol. The molecule has 1 aliphatic carbocycles. The highest BCUT2D eigenvalue weighted by atomic mass is 19.1. The maximum Gasteiger partial charge on any atom is 0.255 e. The third-order valence-corrected chi connectivity index (χ3v) is 4.83. The summed E-state index contributed by atoms with van der Waals surface area (Å²) in [4.78, 5) is 10.6. The molecule has 0 spiro atoms. The number of nitrogens with zero attached hydrogens (tertiary/aromatic N) is 3. The highest BCUT2D eigenvalue weighted by Crippen LogP contribution is 2.38. The molecule has 6 nitrogen and oxygen atoms in total. The van der Waals surface area contributed by atoms with Gasteiger partial charge in [0.05, 0.1) is 26.0 Å². The standard InChI is InChI=1S/C15H21FN4O2/c1-21-14-12(16)5-17-15(19-14)18-10-4-11-8-22-13(9-2-3-9)7-20(11)6-10/h5,9-11,13H,2-4,6-8H2,1H3,(H,17,18,19)/t10-,11-,13+/m0/s1. The number of halogens is 1. The lowest BCUT2D eigenvalue weighted by molar-refractivity contribution is -0.0581. The first-order valence-corrected chi connectivity index (χ1v) is 7.91. The minimum absolute atomic E-state index is 0.0228. The Bertz CT molecular complexity index is 554. The van der Waals surface area contributed by atoms with Crippen LogP contribution >= 0.6 is 0 Å². The first kappa shape index (κ1) is 14.1. The molecule has 22 heavy (non-hydrogen) atoms. The molecule has 3 heterocycles. The first-order valence-electron chi connectivity index (χ1n) is 7.91. The van der Waals surface area contributed by atoms with Crippen LogP contribution in [0.4, 0.5) is 10.3 Å². The lowest BCUT2D eigenvalue weighted by Gasteiger charge is -2.35. The summed E-state index contributed by atoms with van der Waals surface area (Å²) in [6, 6.07) is 0.733. The van der Waals surface area contributed by atoms with Crippen LogP contribution in [-0.4, -0.2) is 59.9 Å². The average Bonchev–Trinajstić information content (AvgIpc) is 3.29. The van der Waals surface area contributed by atoms with E-state index in [-0.39, 0.29) is 11.9 Å². The fourth-order valence-corrected chi connectivity index (χ4v) is 3.50. The van der Waals surface area contributed by atoms with E-state index in [0.29, 0.717) is 18.1 Å². The summed E-state index contributed by atoms with van der Waals surface area (Å²) in [5.41, 5.74) is 0. The van der Waals surface area contributed by atoms with Gasteiger partial charge in [0.1, 0.15) is 0 Å². The second-order valence-corrected chi connectivity index (χ2v) is 6.44. The largest absolute Gasteiger partial charge is 0.479 e. The molecule has 3 atom stereocenters. The van der Waals surface area contributed by atoms with Gasteiger partial charge in [-0.3, -0.25) is 4.90 Å². The van der Waals surface area contributed by atoms with Gasteiger partial charge in [0.25, 0.3) is 5.88 Å². The topological polar surface area (TPSA) is 59.5 Å². The molecule has 0 radical (unpaired) electrons. The van der Waals surface area contributed by atoms with E-state index in [9.17, 15) is 4.39 Å². The van der Waals surface area contributed by atoms with Crippen molar-refractivity contribution < 1.29 is 13.9 Å². The van der Waals surface area contributed by atoms with Crippen molar-refractivity contribution in [1.82, 2.24) is 14.9 Å². The number of aromatic nitrogens is 2. The van der Waals surface area contributed by atoms with E-state index in [1.165, 1.54) is 20.0 Å². The number of anilines is 1. The van der Waals surface area contributed by atoms with Crippen LogP contribution in [0.25, 0.3) is 0 Å². The van der Waals surface area contributed by atoms with Crippen molar-refractivity contribution in [2.24, 2.45) is 5.92 Å². The number of rotatable bonds is 4. The molecule has 7 heteroatoms. The Morgan fingerprint density at radius 2 is 2.27 bits per heavy atom. The van der Waals surface area contributed by atoms with Crippen LogP contribution in [0.1, 0.15) is 19.3 Å². The zero-order valence-electron chi connectivity index (χ0n) is 12.7. The molecule has 3 fully saturated rings. The lowest BCUT2D eigenvalue weighted by atomic mass is 10.1. The van der Waals surface area contributed by atoms with Gasteiger partial charge in [-0.15, -0.1) is 0 Å². The number of methoxy groups -OCH3 is 1. The summed E-state index contributed by atoms with van der Waals surface area (Å²) in [5.74, 6) is 0.628. The Morgan fingerprint density at radius 1 is 1.41 bits per heavy atom. The molecular formula is C15H21FN4O2. The molecule has 2 saturated heterocycles. The van der Waals surface area contributed by atoms with Crippen molar-refractivity contribution in [2.75, 3.05) is 32.1 Å². The van der Waals surface area contributed by atoms with Crippen molar-refractivity contribution in [1.29, 1.82) is 0 Å². The van der Waals surface area contributed by atoms with Gasteiger partial charge in [0, 0.05) is 25.2 Å². The molecular weight excluding hydrogens is 287 g/mol. The molecule has 0 aromatic carbocycles. The zero-order valence-corrected chi connectivity index (χ0v) is 12.7. The third-order valence-electron chi connectivity index (χ3n) is 4.83. The van der Waals surface area contributed by atoms with Gasteiger partial charge < -0.3 is 14.8 Å². The van der Waals surface area contributed by atoms with Gasteiger partial charge in [-0.25, -0.2) is 4.98 Å². The van der Waals surface area contributed by atoms with Gasteiger partial charge in [0.15, 0.2) is 0 Å². The minimum atomic E-state index is -0.544. The highest BCUT2D eigenvalue weighted by Gasteiger charge is 2.42. The van der Waals surface area contributed by atoms with E-state index in [1.807, 2.05) is 0 Å². The second kappa shape index (κ2) is 5.62. The van der Waals surface area contributed by atoms with Crippen LogP contribution in [-0.2, 0) is 4.74 Å². The maximum absolute atomic E-state index is 13.3. The van der Waals surface area contributed by atoms with Crippen molar-refractivity contribution in [2.45, 2.75) is 37.5 Å². The van der Waals surface area contributed by atoms with E-state index in [2.05, 4.69) is 20.2 Å². The summed E-state index contributed by atoms with van der Waals surface area (Å²) in [6.45, 7) is 2.80. The molecule has 1 aromatic heterocycles. The number of hydrogen-bond donors (Lipinski definition) is 1. The van der Waals surface area contributed by atoms with Crippen LogP contribution in [0.15, 0.2) is 6.20 Å². The molecule has 1 N–H and O–H groups in total. The Morgan fingerprint density at radius 3 is 3.05 bits per heavy atom. The summed E-state index contributed by atoms with van der Waals surface area (Å²) >= 11 is 0. The van der Waals surface area contributed by atoms with Crippen LogP contribution in [0.2, 0.25) is 0 Å². The smallest absolute Gasteiger partial charge is 0.255 e. The Labute approximate surface area is 129 Å². The van der Waals surface area contributed by atoms with Crippen molar-refractivity contribution in [3.8, 4) is 5.88 Å². The Balaban J connectivity index is 1.38. The maximum atomic E-state index is 13.3. The van der Waals surface area contributed by atoms with E-state index >= 15 is 0 Å². The summed E-state index contributed by atoms with van der Waals surface area (Å²) in [7, 11) is 1.40.